The Morgan fingerprint density at radius 1 is 0.750 bits per heavy atom. The maximum Gasteiger partial charge on any atom is 0.0406 e. The summed E-state index contributed by atoms with van der Waals surface area (Å²) in [7, 11) is 0. The van der Waals surface area contributed by atoms with Crippen molar-refractivity contribution < 1.29 is 0 Å². The first-order valence-electron chi connectivity index (χ1n) is 11.2. The smallest absolute Gasteiger partial charge is 0.0406 e. The molecule has 148 valence electrons. The Morgan fingerprint density at radius 3 is 1.86 bits per heavy atom. The maximum absolute atomic E-state index is 6.04. The maximum atomic E-state index is 6.04. The normalized spacial score (nSPS) is 26.6. The van der Waals surface area contributed by atoms with E-state index in [0.29, 0.717) is 0 Å². The highest BCUT2D eigenvalue weighted by Crippen LogP contribution is 2.47. The zero-order chi connectivity index (χ0) is 19.4. The summed E-state index contributed by atoms with van der Waals surface area (Å²) in [6.45, 7) is 2.18. The fourth-order valence-electron chi connectivity index (χ4n) is 5.74. The third-order valence-corrected chi connectivity index (χ3v) is 7.61. The van der Waals surface area contributed by atoms with Gasteiger partial charge in [-0.05, 0) is 73.3 Å². The quantitative estimate of drug-likeness (QED) is 0.457. The topological polar surface area (TPSA) is 0 Å². The molecule has 0 N–H and O–H groups in total. The summed E-state index contributed by atoms with van der Waals surface area (Å²) in [6.07, 6.45) is 17.5. The molecule has 4 rings (SSSR count). The minimum atomic E-state index is 0.235. The Morgan fingerprint density at radius 2 is 1.29 bits per heavy atom. The van der Waals surface area contributed by atoms with Gasteiger partial charge in [-0.2, -0.15) is 0 Å². The molecule has 0 radical (unpaired) electrons. The van der Waals surface area contributed by atoms with Crippen molar-refractivity contribution in [1.29, 1.82) is 0 Å². The molecule has 0 nitrogen and oxygen atoms in total. The van der Waals surface area contributed by atoms with Gasteiger partial charge in [0, 0.05) is 10.4 Å². The van der Waals surface area contributed by atoms with E-state index in [4.69, 9.17) is 11.6 Å². The van der Waals surface area contributed by atoms with Crippen molar-refractivity contribution in [1.82, 2.24) is 0 Å². The molecule has 2 fully saturated rings. The second kappa shape index (κ2) is 8.87. The van der Waals surface area contributed by atoms with Crippen LogP contribution in [0.2, 0.25) is 5.02 Å². The van der Waals surface area contributed by atoms with Crippen LogP contribution in [0.4, 0.5) is 0 Å². The van der Waals surface area contributed by atoms with Crippen molar-refractivity contribution in [3.8, 4) is 11.1 Å². The summed E-state index contributed by atoms with van der Waals surface area (Å²) >= 11 is 6.04. The SMILES string of the molecule is C/C=C/C1(c2ccc(-c3ccc(Cl)cc3)cc2)CCC(C2CCCCC2)CC1. The lowest BCUT2D eigenvalue weighted by Gasteiger charge is -2.42. The molecule has 2 aliphatic carbocycles. The molecule has 0 spiro atoms. The molecule has 28 heavy (non-hydrogen) atoms. The van der Waals surface area contributed by atoms with Gasteiger partial charge in [-0.25, -0.2) is 0 Å². The highest BCUT2D eigenvalue weighted by Gasteiger charge is 2.37. The number of allylic oxidation sites excluding steroid dienone is 2. The Kier molecular flexibility index (Phi) is 6.26. The number of hydrogen-bond acceptors (Lipinski definition) is 0. The fourth-order valence-corrected chi connectivity index (χ4v) is 5.87. The van der Waals surface area contributed by atoms with E-state index >= 15 is 0 Å². The molecule has 2 saturated carbocycles. The molecule has 0 heterocycles. The van der Waals surface area contributed by atoms with Crippen molar-refractivity contribution in [2.24, 2.45) is 11.8 Å². The highest BCUT2D eigenvalue weighted by molar-refractivity contribution is 6.30. The molecule has 2 aromatic rings. The van der Waals surface area contributed by atoms with Crippen molar-refractivity contribution in [3.63, 3.8) is 0 Å². The summed E-state index contributed by atoms with van der Waals surface area (Å²) in [5, 5.41) is 0.794. The average Bonchev–Trinajstić information content (AvgIpc) is 2.76. The lowest BCUT2D eigenvalue weighted by Crippen LogP contribution is -2.33. The minimum Gasteiger partial charge on any atom is -0.0908 e. The first-order valence-corrected chi connectivity index (χ1v) is 11.6. The van der Waals surface area contributed by atoms with Gasteiger partial charge >= 0.3 is 0 Å². The molecular weight excluding hydrogens is 360 g/mol. The Hall–Kier alpha value is -1.53. The van der Waals surface area contributed by atoms with E-state index in [1.54, 1.807) is 0 Å². The lowest BCUT2D eigenvalue weighted by molar-refractivity contribution is 0.166. The van der Waals surface area contributed by atoms with E-state index in [1.807, 2.05) is 12.1 Å². The van der Waals surface area contributed by atoms with Gasteiger partial charge < -0.3 is 0 Å². The van der Waals surface area contributed by atoms with Gasteiger partial charge in [0.2, 0.25) is 0 Å². The van der Waals surface area contributed by atoms with Gasteiger partial charge in [-0.3, -0.25) is 0 Å². The molecule has 0 atom stereocenters. The second-order valence-corrected chi connectivity index (χ2v) is 9.41. The predicted molar refractivity (Wildman–Crippen MR) is 122 cm³/mol. The van der Waals surface area contributed by atoms with Crippen LogP contribution in [0.5, 0.6) is 0 Å². The van der Waals surface area contributed by atoms with Gasteiger partial charge in [0.15, 0.2) is 0 Å². The van der Waals surface area contributed by atoms with Gasteiger partial charge in [-0.15, -0.1) is 0 Å². The second-order valence-electron chi connectivity index (χ2n) is 8.98. The van der Waals surface area contributed by atoms with E-state index in [-0.39, 0.29) is 5.41 Å². The molecule has 2 aromatic carbocycles. The summed E-state index contributed by atoms with van der Waals surface area (Å²) < 4.78 is 0. The van der Waals surface area contributed by atoms with Crippen LogP contribution in [0.1, 0.15) is 70.3 Å². The molecular formula is C27H33Cl. The Balaban J connectivity index is 1.51. The van der Waals surface area contributed by atoms with Crippen LogP contribution >= 0.6 is 11.6 Å². The molecule has 0 bridgehead atoms. The highest BCUT2D eigenvalue weighted by atomic mass is 35.5. The molecule has 0 aliphatic heterocycles. The van der Waals surface area contributed by atoms with Gasteiger partial charge in [0.25, 0.3) is 0 Å². The van der Waals surface area contributed by atoms with Crippen LogP contribution in [0.25, 0.3) is 11.1 Å². The van der Waals surface area contributed by atoms with E-state index in [9.17, 15) is 0 Å². The molecule has 2 aliphatic rings. The molecule has 0 amide bonds. The molecule has 0 saturated heterocycles. The van der Waals surface area contributed by atoms with Crippen LogP contribution in [0.3, 0.4) is 0 Å². The van der Waals surface area contributed by atoms with Crippen LogP contribution in [-0.2, 0) is 5.41 Å². The lowest BCUT2D eigenvalue weighted by atomic mass is 9.62. The number of benzene rings is 2. The third-order valence-electron chi connectivity index (χ3n) is 7.36. The van der Waals surface area contributed by atoms with E-state index < -0.39 is 0 Å². The van der Waals surface area contributed by atoms with Crippen molar-refractivity contribution >= 4 is 11.6 Å². The first kappa shape index (κ1) is 19.8. The summed E-state index contributed by atoms with van der Waals surface area (Å²) in [6, 6.07) is 17.5. The Labute approximate surface area is 176 Å². The minimum absolute atomic E-state index is 0.235. The van der Waals surface area contributed by atoms with E-state index in [0.717, 1.165) is 16.9 Å². The summed E-state index contributed by atoms with van der Waals surface area (Å²) in [5.41, 5.74) is 4.23. The van der Waals surface area contributed by atoms with Crippen LogP contribution in [0, 0.1) is 11.8 Å². The van der Waals surface area contributed by atoms with Crippen LogP contribution in [-0.4, -0.2) is 0 Å². The number of hydrogen-bond donors (Lipinski definition) is 0. The zero-order valence-corrected chi connectivity index (χ0v) is 17.9. The van der Waals surface area contributed by atoms with Crippen LogP contribution in [0.15, 0.2) is 60.7 Å². The summed E-state index contributed by atoms with van der Waals surface area (Å²) in [5.74, 6) is 1.97. The largest absolute Gasteiger partial charge is 0.0908 e. The van der Waals surface area contributed by atoms with E-state index in [2.05, 4.69) is 55.5 Å². The predicted octanol–water partition coefficient (Wildman–Crippen LogP) is 8.59. The molecule has 0 aromatic heterocycles. The molecule has 0 unspecified atom stereocenters. The van der Waals surface area contributed by atoms with Crippen molar-refractivity contribution in [3.05, 3.63) is 71.3 Å². The van der Waals surface area contributed by atoms with E-state index in [1.165, 1.54) is 74.5 Å². The first-order chi connectivity index (χ1) is 13.7. The van der Waals surface area contributed by atoms with Crippen LogP contribution < -0.4 is 0 Å². The summed E-state index contributed by atoms with van der Waals surface area (Å²) in [4.78, 5) is 0. The van der Waals surface area contributed by atoms with Gasteiger partial charge in [0.05, 0.1) is 0 Å². The third kappa shape index (κ3) is 4.23. The number of rotatable bonds is 4. The van der Waals surface area contributed by atoms with Crippen molar-refractivity contribution in [2.45, 2.75) is 70.1 Å². The zero-order valence-electron chi connectivity index (χ0n) is 17.2. The Bertz CT molecular complexity index is 770. The molecule has 1 heteroatoms. The average molecular weight is 393 g/mol. The standard InChI is InChI=1S/C27H33Cl/c1-2-18-27(19-16-24(17-20-27)21-6-4-3-5-7-21)25-12-8-22(9-13-25)23-10-14-26(28)15-11-23/h2,8-15,18,21,24H,3-7,16-17,19-20H2,1H3/b18-2+. The van der Waals surface area contributed by atoms with Crippen molar-refractivity contribution in [2.75, 3.05) is 0 Å². The monoisotopic (exact) mass is 392 g/mol. The van der Waals surface area contributed by atoms with Gasteiger partial charge in [0.1, 0.15) is 0 Å². The number of halogens is 1. The van der Waals surface area contributed by atoms with Gasteiger partial charge in [-0.1, -0.05) is 92.3 Å². The fraction of sp³-hybridized carbons (Fsp3) is 0.481.